The third-order valence-corrected chi connectivity index (χ3v) is 5.32. The normalized spacial score (nSPS) is 17.4. The van der Waals surface area contributed by atoms with Gasteiger partial charge in [-0.25, -0.2) is 17.9 Å². The number of nitrogens with zero attached hydrogens (tertiary/aromatic N) is 2. The zero-order valence-electron chi connectivity index (χ0n) is 13.1. The Morgan fingerprint density at radius 2 is 1.96 bits per heavy atom. The summed E-state index contributed by atoms with van der Waals surface area (Å²) in [5, 5.41) is 19.6. The molecule has 2 N–H and O–H groups in total. The lowest BCUT2D eigenvalue weighted by atomic mass is 10.2. The molecule has 0 aromatic heterocycles. The molecule has 1 aromatic rings. The molecule has 25 heavy (non-hydrogen) atoms. The Kier molecular flexibility index (Phi) is 5.69. The summed E-state index contributed by atoms with van der Waals surface area (Å²) in [4.78, 5) is 34.1. The number of rotatable bonds is 7. The summed E-state index contributed by atoms with van der Waals surface area (Å²) in [7, 11) is -3.91. The van der Waals surface area contributed by atoms with Crippen LogP contribution in [0.2, 0.25) is 0 Å². The van der Waals surface area contributed by atoms with Gasteiger partial charge in [-0.05, 0) is 25.0 Å². The highest BCUT2D eigenvalue weighted by Gasteiger charge is 2.33. The van der Waals surface area contributed by atoms with E-state index < -0.39 is 32.9 Å². The smallest absolute Gasteiger partial charge is 0.326 e. The topological polar surface area (TPSA) is 147 Å². The summed E-state index contributed by atoms with van der Waals surface area (Å²) < 4.78 is 26.4. The standard InChI is InChI=1S/C14H17N3O7S/c18-13(16-9-1-2-12(16)14(19)20)7-8-15-25(23,24)11-5-3-10(4-6-11)17(21)22/h3-6,12,15H,1-2,7-9H2,(H,19,20). The zero-order chi connectivity index (χ0) is 18.6. The van der Waals surface area contributed by atoms with E-state index in [9.17, 15) is 28.1 Å². The number of non-ortho nitro benzene ring substituents is 1. The van der Waals surface area contributed by atoms with Crippen molar-refractivity contribution in [3.63, 3.8) is 0 Å². The highest BCUT2D eigenvalue weighted by Crippen LogP contribution is 2.19. The maximum atomic E-state index is 12.1. The van der Waals surface area contributed by atoms with Crippen LogP contribution in [0.15, 0.2) is 29.2 Å². The van der Waals surface area contributed by atoms with Crippen LogP contribution in [0.4, 0.5) is 5.69 Å². The first-order valence-corrected chi connectivity index (χ1v) is 8.97. The van der Waals surface area contributed by atoms with Crippen molar-refractivity contribution in [2.24, 2.45) is 0 Å². The molecule has 0 bridgehead atoms. The van der Waals surface area contributed by atoms with Crippen LogP contribution in [0.25, 0.3) is 0 Å². The lowest BCUT2D eigenvalue weighted by Gasteiger charge is -2.21. The Bertz CT molecular complexity index is 776. The Morgan fingerprint density at radius 1 is 1.32 bits per heavy atom. The third-order valence-electron chi connectivity index (χ3n) is 3.85. The van der Waals surface area contributed by atoms with E-state index in [2.05, 4.69) is 4.72 Å². The van der Waals surface area contributed by atoms with Gasteiger partial charge >= 0.3 is 5.97 Å². The molecule has 136 valence electrons. The highest BCUT2D eigenvalue weighted by atomic mass is 32.2. The van der Waals surface area contributed by atoms with Gasteiger partial charge in [0.05, 0.1) is 9.82 Å². The van der Waals surface area contributed by atoms with Crippen molar-refractivity contribution in [2.75, 3.05) is 13.1 Å². The molecule has 1 amide bonds. The number of carboxylic acid groups (broad SMARTS) is 1. The molecule has 0 saturated carbocycles. The van der Waals surface area contributed by atoms with Crippen LogP contribution < -0.4 is 4.72 Å². The van der Waals surface area contributed by atoms with Crippen LogP contribution in [0.1, 0.15) is 19.3 Å². The van der Waals surface area contributed by atoms with Crippen molar-refractivity contribution in [3.05, 3.63) is 34.4 Å². The maximum absolute atomic E-state index is 12.1. The second kappa shape index (κ2) is 7.57. The number of nitro groups is 1. The predicted octanol–water partition coefficient (Wildman–Crippen LogP) is 0.339. The molecular formula is C14H17N3O7S. The van der Waals surface area contributed by atoms with Gasteiger partial charge in [-0.2, -0.15) is 0 Å². The maximum Gasteiger partial charge on any atom is 0.326 e. The zero-order valence-corrected chi connectivity index (χ0v) is 13.9. The predicted molar refractivity (Wildman–Crippen MR) is 85.3 cm³/mol. The van der Waals surface area contributed by atoms with E-state index in [4.69, 9.17) is 5.11 Å². The number of aliphatic carboxylic acids is 1. The van der Waals surface area contributed by atoms with E-state index in [0.29, 0.717) is 19.4 Å². The van der Waals surface area contributed by atoms with Gasteiger partial charge in [-0.1, -0.05) is 0 Å². The van der Waals surface area contributed by atoms with Gasteiger partial charge < -0.3 is 10.0 Å². The van der Waals surface area contributed by atoms with Crippen molar-refractivity contribution < 1.29 is 28.0 Å². The Morgan fingerprint density at radius 3 is 2.52 bits per heavy atom. The van der Waals surface area contributed by atoms with Gasteiger partial charge in [-0.3, -0.25) is 14.9 Å². The van der Waals surface area contributed by atoms with Crippen molar-refractivity contribution in [1.82, 2.24) is 9.62 Å². The number of hydrogen-bond acceptors (Lipinski definition) is 6. The minimum absolute atomic E-state index is 0.157. The Labute approximate surface area is 143 Å². The fourth-order valence-corrected chi connectivity index (χ4v) is 3.62. The van der Waals surface area contributed by atoms with Gasteiger partial charge in [-0.15, -0.1) is 0 Å². The molecule has 1 aliphatic heterocycles. The second-order valence-corrected chi connectivity index (χ2v) is 7.25. The number of carboxylic acids is 1. The Hall–Kier alpha value is -2.53. The van der Waals surface area contributed by atoms with Gasteiger partial charge in [0.1, 0.15) is 6.04 Å². The molecule has 1 heterocycles. The number of hydrogen-bond donors (Lipinski definition) is 2. The molecule has 1 unspecified atom stereocenters. The number of benzene rings is 1. The van der Waals surface area contributed by atoms with Crippen LogP contribution in [0, 0.1) is 10.1 Å². The monoisotopic (exact) mass is 371 g/mol. The van der Waals surface area contributed by atoms with Gasteiger partial charge in [0.2, 0.25) is 15.9 Å². The van der Waals surface area contributed by atoms with E-state index >= 15 is 0 Å². The van der Waals surface area contributed by atoms with Gasteiger partial charge in [0.15, 0.2) is 0 Å². The SMILES string of the molecule is O=C(O)C1CCCN1C(=O)CCNS(=O)(=O)c1ccc([N+](=O)[O-])cc1. The van der Waals surface area contributed by atoms with E-state index in [1.807, 2.05) is 0 Å². The molecule has 11 heteroatoms. The lowest BCUT2D eigenvalue weighted by molar-refractivity contribution is -0.384. The molecule has 1 fully saturated rings. The summed E-state index contributed by atoms with van der Waals surface area (Å²) >= 11 is 0. The third kappa shape index (κ3) is 4.51. The summed E-state index contributed by atoms with van der Waals surface area (Å²) in [6.07, 6.45) is 0.808. The Balaban J connectivity index is 1.92. The van der Waals surface area contributed by atoms with Crippen LogP contribution in [-0.2, 0) is 19.6 Å². The molecule has 10 nitrogen and oxygen atoms in total. The average Bonchev–Trinajstić information content (AvgIpc) is 3.04. The van der Waals surface area contributed by atoms with Gasteiger partial charge in [0, 0.05) is 31.6 Å². The number of sulfonamides is 1. The number of amides is 1. The molecule has 1 atom stereocenters. The first-order valence-electron chi connectivity index (χ1n) is 7.49. The molecule has 1 saturated heterocycles. The van der Waals surface area contributed by atoms with Crippen LogP contribution in [0.5, 0.6) is 0 Å². The second-order valence-electron chi connectivity index (χ2n) is 5.48. The molecule has 1 aromatic carbocycles. The summed E-state index contributed by atoms with van der Waals surface area (Å²) in [6.45, 7) is 0.145. The van der Waals surface area contributed by atoms with Crippen molar-refractivity contribution >= 4 is 27.6 Å². The lowest BCUT2D eigenvalue weighted by Crippen LogP contribution is -2.41. The quantitative estimate of drug-likeness (QED) is 0.519. The number of nitrogens with one attached hydrogen (secondary N) is 1. The number of carbonyl (C=O) groups is 2. The van der Waals surface area contributed by atoms with Crippen molar-refractivity contribution in [3.8, 4) is 0 Å². The molecule has 0 radical (unpaired) electrons. The molecule has 1 aliphatic rings. The largest absolute Gasteiger partial charge is 0.480 e. The summed E-state index contributed by atoms with van der Waals surface area (Å²) in [5.74, 6) is -1.51. The summed E-state index contributed by atoms with van der Waals surface area (Å²) in [6, 6.07) is 3.48. The molecular weight excluding hydrogens is 354 g/mol. The molecule has 0 aliphatic carbocycles. The van der Waals surface area contributed by atoms with Crippen LogP contribution >= 0.6 is 0 Å². The number of nitro benzene ring substituents is 1. The first kappa shape index (κ1) is 18.8. The van der Waals surface area contributed by atoms with Crippen LogP contribution in [0.3, 0.4) is 0 Å². The van der Waals surface area contributed by atoms with Crippen molar-refractivity contribution in [1.29, 1.82) is 0 Å². The van der Waals surface area contributed by atoms with Gasteiger partial charge in [0.25, 0.3) is 5.69 Å². The van der Waals surface area contributed by atoms with E-state index in [-0.39, 0.29) is 23.5 Å². The summed E-state index contributed by atoms with van der Waals surface area (Å²) in [5.41, 5.74) is -0.233. The van der Waals surface area contributed by atoms with E-state index in [1.165, 1.54) is 4.90 Å². The van der Waals surface area contributed by atoms with E-state index in [0.717, 1.165) is 24.3 Å². The number of likely N-dealkylation sites (tertiary alicyclic amines) is 1. The average molecular weight is 371 g/mol. The van der Waals surface area contributed by atoms with E-state index in [1.54, 1.807) is 0 Å². The molecule has 0 spiro atoms. The fourth-order valence-electron chi connectivity index (χ4n) is 2.59. The molecule has 2 rings (SSSR count). The first-order chi connectivity index (χ1) is 11.7. The van der Waals surface area contributed by atoms with Crippen LogP contribution in [-0.4, -0.2) is 54.4 Å². The van der Waals surface area contributed by atoms with Crippen molar-refractivity contribution in [2.45, 2.75) is 30.2 Å². The fraction of sp³-hybridized carbons (Fsp3) is 0.429. The highest BCUT2D eigenvalue weighted by molar-refractivity contribution is 7.89. The minimum atomic E-state index is -3.91. The number of carbonyl (C=O) groups excluding carboxylic acids is 1. The minimum Gasteiger partial charge on any atom is -0.480 e.